The molecule has 0 saturated carbocycles. The van der Waals surface area contributed by atoms with Crippen LogP contribution in [0.5, 0.6) is 0 Å². The van der Waals surface area contributed by atoms with Gasteiger partial charge in [0, 0.05) is 5.92 Å². The van der Waals surface area contributed by atoms with Crippen molar-refractivity contribution >= 4 is 0 Å². The molecule has 1 aromatic rings. The predicted molar refractivity (Wildman–Crippen MR) is 50.0 cm³/mol. The second-order valence-electron chi connectivity index (χ2n) is 3.88. The molecule has 0 radical (unpaired) electrons. The van der Waals surface area contributed by atoms with Gasteiger partial charge in [-0.3, -0.25) is 0 Å². The van der Waals surface area contributed by atoms with E-state index in [2.05, 4.69) is 15.5 Å². The van der Waals surface area contributed by atoms with Gasteiger partial charge in [-0.05, 0) is 10.4 Å². The molecule has 8 nitrogen and oxygen atoms in total. The summed E-state index contributed by atoms with van der Waals surface area (Å²) in [7, 11) is 0. The highest BCUT2D eigenvalue weighted by Gasteiger charge is 2.43. The number of hydrogen-bond acceptors (Lipinski definition) is 7. The minimum atomic E-state index is -1.10. The highest BCUT2D eigenvalue weighted by Crippen LogP contribution is 2.31. The first-order valence-corrected chi connectivity index (χ1v) is 5.00. The molecule has 1 fully saturated rings. The van der Waals surface area contributed by atoms with Crippen molar-refractivity contribution in [3.63, 3.8) is 0 Å². The van der Waals surface area contributed by atoms with E-state index >= 15 is 0 Å². The summed E-state index contributed by atoms with van der Waals surface area (Å²) < 4.78 is 6.78. The Labute approximate surface area is 91.5 Å². The van der Waals surface area contributed by atoms with Crippen LogP contribution in [0.2, 0.25) is 0 Å². The van der Waals surface area contributed by atoms with E-state index in [9.17, 15) is 10.2 Å². The molecule has 1 aliphatic heterocycles. The van der Waals surface area contributed by atoms with Crippen LogP contribution in [0.15, 0.2) is 6.33 Å². The molecule has 0 aromatic carbocycles. The van der Waals surface area contributed by atoms with Crippen LogP contribution in [0.1, 0.15) is 13.2 Å². The summed E-state index contributed by atoms with van der Waals surface area (Å²) in [4.78, 5) is 0. The number of ether oxygens (including phenoxy) is 1. The third-order valence-electron chi connectivity index (χ3n) is 2.84. The van der Waals surface area contributed by atoms with E-state index in [-0.39, 0.29) is 12.5 Å². The third-order valence-corrected chi connectivity index (χ3v) is 2.84. The van der Waals surface area contributed by atoms with Crippen LogP contribution < -0.4 is 0 Å². The third kappa shape index (κ3) is 1.80. The molecule has 1 saturated heterocycles. The smallest absolute Gasteiger partial charge is 0.159 e. The van der Waals surface area contributed by atoms with E-state index in [1.54, 1.807) is 6.92 Å². The van der Waals surface area contributed by atoms with Gasteiger partial charge in [0.1, 0.15) is 18.5 Å². The van der Waals surface area contributed by atoms with Gasteiger partial charge >= 0.3 is 0 Å². The highest BCUT2D eigenvalue weighted by atomic mass is 16.5. The molecule has 2 rings (SSSR count). The van der Waals surface area contributed by atoms with E-state index in [1.165, 1.54) is 11.0 Å². The molecule has 90 valence electrons. The minimum absolute atomic E-state index is 0.371. The molecule has 0 bridgehead atoms. The summed E-state index contributed by atoms with van der Waals surface area (Å²) in [5.41, 5.74) is 0. The molecular formula is C8H14N4O4. The average Bonchev–Trinajstić information content (AvgIpc) is 2.80. The molecule has 0 amide bonds. The lowest BCUT2D eigenvalue weighted by Gasteiger charge is -2.40. The lowest BCUT2D eigenvalue weighted by molar-refractivity contribution is -0.231. The van der Waals surface area contributed by atoms with E-state index in [0.29, 0.717) is 0 Å². The summed E-state index contributed by atoms with van der Waals surface area (Å²) in [5.74, 6) is -0.374. The number of tetrazole rings is 1. The molecule has 0 aliphatic carbocycles. The standard InChI is InChI=1S/C8H14N4O4/c1-4-6(14)7(15)5(2-13)16-8(4)12-3-9-10-11-12/h3-8,13-15H,2H2,1H3/t4-,5+,6+,7-,8-/m0/s1. The Hall–Kier alpha value is -1.09. The maximum Gasteiger partial charge on any atom is 0.159 e. The van der Waals surface area contributed by atoms with Crippen LogP contribution in [-0.2, 0) is 4.74 Å². The lowest BCUT2D eigenvalue weighted by Crippen LogP contribution is -2.53. The number of aliphatic hydroxyl groups is 3. The van der Waals surface area contributed by atoms with Crippen molar-refractivity contribution in [2.24, 2.45) is 5.92 Å². The van der Waals surface area contributed by atoms with Gasteiger partial charge in [0.15, 0.2) is 6.23 Å². The first-order chi connectivity index (χ1) is 7.65. The van der Waals surface area contributed by atoms with Crippen molar-refractivity contribution in [3.05, 3.63) is 6.33 Å². The van der Waals surface area contributed by atoms with Crippen LogP contribution in [0.4, 0.5) is 0 Å². The van der Waals surface area contributed by atoms with Crippen molar-refractivity contribution in [2.45, 2.75) is 31.5 Å². The second-order valence-corrected chi connectivity index (χ2v) is 3.88. The number of rotatable bonds is 2. The zero-order valence-corrected chi connectivity index (χ0v) is 8.71. The van der Waals surface area contributed by atoms with Crippen molar-refractivity contribution in [2.75, 3.05) is 6.61 Å². The summed E-state index contributed by atoms with van der Waals surface area (Å²) in [6.07, 6.45) is -2.15. The van der Waals surface area contributed by atoms with Crippen molar-refractivity contribution < 1.29 is 20.1 Å². The van der Waals surface area contributed by atoms with Gasteiger partial charge in [-0.15, -0.1) is 5.10 Å². The van der Waals surface area contributed by atoms with Crippen LogP contribution in [-0.4, -0.2) is 60.4 Å². The van der Waals surface area contributed by atoms with Crippen LogP contribution >= 0.6 is 0 Å². The first kappa shape index (κ1) is 11.4. The Morgan fingerprint density at radius 2 is 2.12 bits per heavy atom. The monoisotopic (exact) mass is 230 g/mol. The van der Waals surface area contributed by atoms with Crippen LogP contribution in [0.3, 0.4) is 0 Å². The summed E-state index contributed by atoms with van der Waals surface area (Å²) in [6, 6.07) is 0. The molecule has 3 N–H and O–H groups in total. The Bertz CT molecular complexity index is 331. The fraction of sp³-hybridized carbons (Fsp3) is 0.875. The van der Waals surface area contributed by atoms with Crippen molar-refractivity contribution in [1.29, 1.82) is 0 Å². The van der Waals surface area contributed by atoms with Gasteiger partial charge in [-0.25, -0.2) is 4.68 Å². The molecule has 5 atom stereocenters. The van der Waals surface area contributed by atoms with E-state index in [1.807, 2.05) is 0 Å². The molecule has 0 unspecified atom stereocenters. The quantitative estimate of drug-likeness (QED) is 0.534. The SMILES string of the molecule is C[C@H]1[C@@H](O)[C@@H](O)[C@@H](CO)O[C@@H]1n1cnnn1. The fourth-order valence-corrected chi connectivity index (χ4v) is 1.82. The largest absolute Gasteiger partial charge is 0.394 e. The zero-order valence-electron chi connectivity index (χ0n) is 8.71. The summed E-state index contributed by atoms with van der Waals surface area (Å²) in [5, 5.41) is 39.1. The predicted octanol–water partition coefficient (Wildman–Crippen LogP) is -2.08. The van der Waals surface area contributed by atoms with Crippen LogP contribution in [0.25, 0.3) is 0 Å². The normalized spacial score (nSPS) is 39.9. The Kier molecular flexibility index (Phi) is 3.15. The average molecular weight is 230 g/mol. The van der Waals surface area contributed by atoms with Gasteiger partial charge in [-0.1, -0.05) is 6.92 Å². The zero-order chi connectivity index (χ0) is 11.7. The number of aliphatic hydroxyl groups excluding tert-OH is 3. The molecule has 2 heterocycles. The van der Waals surface area contributed by atoms with Gasteiger partial charge in [0.25, 0.3) is 0 Å². The van der Waals surface area contributed by atoms with Gasteiger partial charge in [0.05, 0.1) is 12.7 Å². The Morgan fingerprint density at radius 3 is 2.69 bits per heavy atom. The number of aromatic nitrogens is 4. The van der Waals surface area contributed by atoms with Gasteiger partial charge in [-0.2, -0.15) is 0 Å². The van der Waals surface area contributed by atoms with Crippen molar-refractivity contribution in [3.8, 4) is 0 Å². The maximum atomic E-state index is 9.79. The Balaban J connectivity index is 2.20. The van der Waals surface area contributed by atoms with E-state index < -0.39 is 24.5 Å². The summed E-state index contributed by atoms with van der Waals surface area (Å²) in [6.45, 7) is 1.34. The van der Waals surface area contributed by atoms with E-state index in [0.717, 1.165) is 0 Å². The molecule has 1 aliphatic rings. The maximum absolute atomic E-state index is 9.79. The topological polar surface area (TPSA) is 114 Å². The highest BCUT2D eigenvalue weighted by molar-refractivity contribution is 4.87. The number of nitrogens with zero attached hydrogens (tertiary/aromatic N) is 4. The fourth-order valence-electron chi connectivity index (χ4n) is 1.82. The molecule has 16 heavy (non-hydrogen) atoms. The minimum Gasteiger partial charge on any atom is -0.394 e. The van der Waals surface area contributed by atoms with E-state index in [4.69, 9.17) is 9.84 Å². The van der Waals surface area contributed by atoms with Gasteiger partial charge in [0.2, 0.25) is 0 Å². The molecular weight excluding hydrogens is 216 g/mol. The first-order valence-electron chi connectivity index (χ1n) is 5.00. The molecule has 0 spiro atoms. The molecule has 1 aromatic heterocycles. The number of hydrogen-bond donors (Lipinski definition) is 3. The van der Waals surface area contributed by atoms with Gasteiger partial charge < -0.3 is 20.1 Å². The molecule has 8 heteroatoms. The lowest BCUT2D eigenvalue weighted by atomic mass is 9.91. The summed E-state index contributed by atoms with van der Waals surface area (Å²) >= 11 is 0. The second kappa shape index (κ2) is 4.42. The van der Waals surface area contributed by atoms with Crippen LogP contribution in [0, 0.1) is 5.92 Å². The van der Waals surface area contributed by atoms with Crippen molar-refractivity contribution in [1.82, 2.24) is 20.2 Å². The Morgan fingerprint density at radius 1 is 1.38 bits per heavy atom.